The molecule has 2 unspecified atom stereocenters. The minimum absolute atomic E-state index is 0.306. The van der Waals surface area contributed by atoms with Gasteiger partial charge < -0.3 is 42.8 Å². The molecule has 1 aromatic heterocycles. The van der Waals surface area contributed by atoms with E-state index >= 15 is 0 Å². The van der Waals surface area contributed by atoms with E-state index in [0.717, 1.165) is 24.1 Å². The van der Waals surface area contributed by atoms with Gasteiger partial charge in [0.2, 0.25) is 4.77 Å². The lowest BCUT2D eigenvalue weighted by Gasteiger charge is -2.07. The van der Waals surface area contributed by atoms with Crippen LogP contribution in [0.5, 0.6) is 0 Å². The first-order valence-corrected chi connectivity index (χ1v) is 9.83. The molecule has 0 radical (unpaired) electrons. The summed E-state index contributed by atoms with van der Waals surface area (Å²) in [6.45, 7) is 1.48. The van der Waals surface area contributed by atoms with E-state index in [-0.39, 0.29) is 0 Å². The van der Waals surface area contributed by atoms with Crippen molar-refractivity contribution in [3.05, 3.63) is 4.77 Å². The molecule has 0 aliphatic carbocycles. The zero-order valence-corrected chi connectivity index (χ0v) is 18.4. The molecule has 180 valence electrons. The first-order valence-electron chi connectivity index (χ1n) is 9.42. The van der Waals surface area contributed by atoms with Crippen LogP contribution in [0.4, 0.5) is 5.95 Å². The summed E-state index contributed by atoms with van der Waals surface area (Å²) in [4.78, 5) is 23.1. The number of rotatable bonds is 11. The van der Waals surface area contributed by atoms with E-state index in [1.54, 1.807) is 0 Å². The molecule has 1 aromatic rings. The van der Waals surface area contributed by atoms with E-state index in [0.29, 0.717) is 42.5 Å². The lowest BCUT2D eigenvalue weighted by Crippen LogP contribution is -2.88. The number of aliphatic carboxylic acids is 2. The average molecular weight is 470 g/mol. The number of nitrogens with two attached hydrogens (primary N) is 3. The molecule has 0 aliphatic heterocycles. The van der Waals surface area contributed by atoms with E-state index in [9.17, 15) is 19.8 Å². The zero-order valence-electron chi connectivity index (χ0n) is 17.6. The Morgan fingerprint density at radius 3 is 2.03 bits per heavy atom. The highest BCUT2D eigenvalue weighted by Crippen LogP contribution is 1.94. The average Bonchev–Trinajstić information content (AvgIpc) is 3.03. The van der Waals surface area contributed by atoms with Crippen LogP contribution in [0.25, 0.3) is 0 Å². The monoisotopic (exact) mass is 469 g/mol. The van der Waals surface area contributed by atoms with Gasteiger partial charge in [-0.15, -0.1) is 5.10 Å². The first kappa shape index (κ1) is 30.4. The minimum atomic E-state index is -1.11. The van der Waals surface area contributed by atoms with Crippen LogP contribution in [0, 0.1) is 4.77 Å². The first-order chi connectivity index (χ1) is 14.5. The second kappa shape index (κ2) is 18.0. The van der Waals surface area contributed by atoms with Gasteiger partial charge in [0.05, 0.1) is 25.0 Å². The van der Waals surface area contributed by atoms with Crippen LogP contribution in [-0.4, -0.2) is 57.9 Å². The quantitative estimate of drug-likeness (QED) is 0.0364. The summed E-state index contributed by atoms with van der Waals surface area (Å²) >= 11 is 4.66. The fourth-order valence-corrected chi connectivity index (χ4v) is 1.94. The van der Waals surface area contributed by atoms with Crippen molar-refractivity contribution in [2.24, 2.45) is 11.6 Å². The number of aromatic nitrogens is 3. The van der Waals surface area contributed by atoms with Crippen LogP contribution < -0.4 is 61.0 Å². The number of nitrogens with zero attached hydrogens (tertiary/aromatic N) is 2. The maximum absolute atomic E-state index is 10.2. The van der Waals surface area contributed by atoms with Gasteiger partial charge in [-0.1, -0.05) is 0 Å². The van der Waals surface area contributed by atoms with Crippen LogP contribution in [-0.2, 0) is 9.59 Å². The normalized spacial score (nSPS) is 12.5. The second-order valence-electron chi connectivity index (χ2n) is 6.34. The fourth-order valence-electron chi connectivity index (χ4n) is 1.81. The largest absolute Gasteiger partial charge is 0.544 e. The van der Waals surface area contributed by atoms with Crippen molar-refractivity contribution in [2.75, 3.05) is 24.4 Å². The maximum Gasteiger partial charge on any atom is 0.434 e. The molecule has 0 saturated heterocycles. The molecule has 17 heteroatoms. The number of guanidine groups is 1. The van der Waals surface area contributed by atoms with Crippen LogP contribution in [0.3, 0.4) is 0 Å². The van der Waals surface area contributed by atoms with Gasteiger partial charge in [0.15, 0.2) is 0 Å². The number of carbonyl (C=O) groups is 2. The molecule has 1 heterocycles. The summed E-state index contributed by atoms with van der Waals surface area (Å²) in [7, 11) is 0. The Hall–Kier alpha value is -2.83. The highest BCUT2D eigenvalue weighted by atomic mass is 32.1. The number of unbranched alkanes of at least 4 members (excludes halogenated alkanes) is 1. The Morgan fingerprint density at radius 1 is 1.19 bits per heavy atom. The summed E-state index contributed by atoms with van der Waals surface area (Å²) in [5, 5.41) is 26.3. The summed E-state index contributed by atoms with van der Waals surface area (Å²) < 4.78 is 1.46. The van der Waals surface area contributed by atoms with Crippen LogP contribution in [0.2, 0.25) is 0 Å². The third-order valence-electron chi connectivity index (χ3n) is 3.63. The Bertz CT molecular complexity index is 718. The molecule has 31 heavy (non-hydrogen) atoms. The molecule has 2 atom stereocenters. The topological polar surface area (TPSA) is 328 Å². The summed E-state index contributed by atoms with van der Waals surface area (Å²) in [6, 6.07) is -1.19. The van der Waals surface area contributed by atoms with Crippen LogP contribution in [0.1, 0.15) is 32.1 Å². The van der Waals surface area contributed by atoms with Gasteiger partial charge in [-0.3, -0.25) is 11.2 Å². The maximum atomic E-state index is 10.2. The number of hydrogen-bond donors (Lipinski definition) is 10. The number of nitrogen functional groups attached to an aromatic ring is 2. The lowest BCUT2D eigenvalue weighted by molar-refractivity contribution is -0.506. The number of hydrazine groups is 1. The Morgan fingerprint density at radius 2 is 1.71 bits per heavy atom. The summed E-state index contributed by atoms with van der Waals surface area (Å²) in [6.07, 6.45) is 3.64. The molecular formula is C14H37N12O4S+3. The van der Waals surface area contributed by atoms with E-state index in [1.165, 1.54) is 0 Å². The number of carbonyl (C=O) groups excluding carboxylic acids is 2. The molecule has 0 amide bonds. The molecule has 21 N–H and O–H groups in total. The molecule has 0 aromatic carbocycles. The van der Waals surface area contributed by atoms with Gasteiger partial charge in [0.1, 0.15) is 12.1 Å². The van der Waals surface area contributed by atoms with Gasteiger partial charge in [0, 0.05) is 12.8 Å². The molecule has 0 fully saturated rings. The highest BCUT2D eigenvalue weighted by molar-refractivity contribution is 7.71. The molecule has 0 aliphatic rings. The fraction of sp³-hybridized carbons (Fsp3) is 0.643. The number of carboxylic acids is 2. The van der Waals surface area contributed by atoms with Gasteiger partial charge in [0.25, 0.3) is 5.95 Å². The number of aromatic amines is 1. The van der Waals surface area contributed by atoms with Gasteiger partial charge >= 0.3 is 5.96 Å². The number of carboxylic acid groups (broad SMARTS) is 2. The number of nitrogens with one attached hydrogen (secondary N) is 3. The van der Waals surface area contributed by atoms with Crippen molar-refractivity contribution >= 4 is 36.1 Å². The second-order valence-corrected chi connectivity index (χ2v) is 6.73. The number of H-pyrrole nitrogens is 1. The predicted molar refractivity (Wildman–Crippen MR) is 107 cm³/mol. The Kier molecular flexibility index (Phi) is 17.6. The van der Waals surface area contributed by atoms with Crippen molar-refractivity contribution < 1.29 is 47.7 Å². The third-order valence-corrected chi connectivity index (χ3v) is 3.92. The zero-order chi connectivity index (χ0) is 24.4. The number of anilines is 1. The highest BCUT2D eigenvalue weighted by Gasteiger charge is 2.06. The van der Waals surface area contributed by atoms with E-state index in [1.807, 2.05) is 0 Å². The smallest absolute Gasteiger partial charge is 0.434 e. The van der Waals surface area contributed by atoms with Gasteiger partial charge in [-0.05, 0) is 31.5 Å². The van der Waals surface area contributed by atoms with Crippen LogP contribution in [0.15, 0.2) is 0 Å². The van der Waals surface area contributed by atoms with Gasteiger partial charge in [-0.2, -0.15) is 0 Å². The van der Waals surface area contributed by atoms with E-state index < -0.39 is 24.0 Å². The molecule has 0 spiro atoms. The van der Waals surface area contributed by atoms with E-state index in [2.05, 4.69) is 55.8 Å². The Labute approximate surface area is 184 Å². The summed E-state index contributed by atoms with van der Waals surface area (Å²) in [5.41, 5.74) is 21.4. The molecular weight excluding hydrogens is 432 g/mol. The van der Waals surface area contributed by atoms with Crippen molar-refractivity contribution in [3.63, 3.8) is 0 Å². The van der Waals surface area contributed by atoms with E-state index in [4.69, 9.17) is 17.4 Å². The van der Waals surface area contributed by atoms with Crippen LogP contribution >= 0.6 is 12.2 Å². The Balaban J connectivity index is 0. The molecule has 1 rings (SSSR count). The SMILES string of the molecule is NC([NH3+])=[NH+]CCCC([NH3+])C(=O)[O-].NNc1n[nH]c(=S)n1N.[NH3+]CCCCC([NH3+])C(=O)[O-]. The van der Waals surface area contributed by atoms with Crippen molar-refractivity contribution in [1.82, 2.24) is 14.9 Å². The molecule has 0 saturated carbocycles. The predicted octanol–water partition coefficient (Wildman–Crippen LogP) is -10.5. The number of quaternary nitrogens is 4. The third kappa shape index (κ3) is 16.6. The van der Waals surface area contributed by atoms with Crippen molar-refractivity contribution in [1.29, 1.82) is 0 Å². The molecule has 0 bridgehead atoms. The standard InChI is InChI=1S/C6H14N4O2.C6H14N2O2.C2H6N6S/c7-4(5(11)12)2-1-3-10-6(8)9;7-4-2-1-3-5(8)6(9)10;3-5-1-6-7-2(9)8(1)4/h4H,1-3,7H2,(H,11,12)(H4,8,9,10);5H,1-4,7-8H2,(H,9,10);3-4H2,(H,5,6)(H,7,9)/p+3. The summed E-state index contributed by atoms with van der Waals surface area (Å²) in [5.74, 6) is 8.81. The lowest BCUT2D eigenvalue weighted by atomic mass is 10.1. The number of hydrogen-bond acceptors (Lipinski definition) is 9. The van der Waals surface area contributed by atoms with Crippen molar-refractivity contribution in [3.8, 4) is 0 Å². The van der Waals surface area contributed by atoms with Gasteiger partial charge in [-0.25, -0.2) is 26.3 Å². The minimum Gasteiger partial charge on any atom is -0.544 e. The van der Waals surface area contributed by atoms with Crippen molar-refractivity contribution in [2.45, 2.75) is 44.2 Å². The molecule has 16 nitrogen and oxygen atoms in total.